The Morgan fingerprint density at radius 1 is 0.338 bits per heavy atom. The molecule has 13 aromatic rings. The third-order valence-corrected chi connectivity index (χ3v) is 14.9. The maximum atomic E-state index is 6.49. The van der Waals surface area contributed by atoms with Crippen molar-refractivity contribution in [1.82, 2.24) is 0 Å². The second kappa shape index (κ2) is 14.8. The van der Waals surface area contributed by atoms with Crippen molar-refractivity contribution in [3.63, 3.8) is 0 Å². The van der Waals surface area contributed by atoms with Gasteiger partial charge in [-0.3, -0.25) is 0 Å². The Balaban J connectivity index is 0.841. The molecule has 14 rings (SSSR count). The fourth-order valence-corrected chi connectivity index (χ4v) is 11.4. The molecule has 0 bridgehead atoms. The van der Waals surface area contributed by atoms with Crippen LogP contribution in [0.25, 0.3) is 110 Å². The molecular formula is C65H44O3. The van der Waals surface area contributed by atoms with Gasteiger partial charge in [-0.15, -0.1) is 0 Å². The highest BCUT2D eigenvalue weighted by atomic mass is 16.3. The molecule has 0 aliphatic heterocycles. The first kappa shape index (κ1) is 38.8. The quantitative estimate of drug-likeness (QED) is 0.160. The van der Waals surface area contributed by atoms with Crippen LogP contribution in [0.4, 0.5) is 0 Å². The van der Waals surface area contributed by atoms with Crippen molar-refractivity contribution in [3.05, 3.63) is 240 Å². The van der Waals surface area contributed by atoms with E-state index in [1.165, 1.54) is 50.1 Å². The zero-order valence-electron chi connectivity index (χ0n) is 37.7. The Bertz CT molecular complexity index is 4140. The summed E-state index contributed by atoms with van der Waals surface area (Å²) in [5.74, 6) is 0.104. The number of para-hydroxylation sites is 5. The first-order chi connectivity index (χ1) is 33.4. The van der Waals surface area contributed by atoms with E-state index in [0.29, 0.717) is 0 Å². The molecule has 322 valence electrons. The number of furan rings is 3. The maximum Gasteiger partial charge on any atom is 0.143 e. The predicted molar refractivity (Wildman–Crippen MR) is 281 cm³/mol. The lowest BCUT2D eigenvalue weighted by molar-refractivity contribution is 0.657. The van der Waals surface area contributed by atoms with E-state index in [1.54, 1.807) is 0 Å². The molecule has 10 aromatic carbocycles. The van der Waals surface area contributed by atoms with Crippen molar-refractivity contribution in [2.75, 3.05) is 0 Å². The van der Waals surface area contributed by atoms with Gasteiger partial charge in [0.2, 0.25) is 0 Å². The first-order valence-corrected chi connectivity index (χ1v) is 23.6. The van der Waals surface area contributed by atoms with Gasteiger partial charge < -0.3 is 13.3 Å². The van der Waals surface area contributed by atoms with Crippen molar-refractivity contribution >= 4 is 65.8 Å². The van der Waals surface area contributed by atoms with Crippen LogP contribution in [0, 0.1) is 0 Å². The van der Waals surface area contributed by atoms with Crippen molar-refractivity contribution in [2.45, 2.75) is 31.6 Å². The van der Waals surface area contributed by atoms with Crippen LogP contribution in [0.15, 0.2) is 226 Å². The van der Waals surface area contributed by atoms with Crippen LogP contribution >= 0.6 is 0 Å². The van der Waals surface area contributed by atoms with Gasteiger partial charge in [0.05, 0.1) is 0 Å². The number of benzene rings is 10. The van der Waals surface area contributed by atoms with Gasteiger partial charge >= 0.3 is 0 Å². The Hall–Kier alpha value is -8.40. The lowest BCUT2D eigenvalue weighted by Gasteiger charge is -2.25. The minimum atomic E-state index is -0.206. The Morgan fingerprint density at radius 2 is 0.794 bits per heavy atom. The fraction of sp³-hybridized carbons (Fsp3) is 0.0769. The van der Waals surface area contributed by atoms with Gasteiger partial charge in [-0.05, 0) is 104 Å². The van der Waals surface area contributed by atoms with E-state index < -0.39 is 0 Å². The monoisotopic (exact) mass is 872 g/mol. The average molecular weight is 873 g/mol. The molecule has 0 amide bonds. The SMILES string of the molecule is CC1(C)c2cc(-c3ccc4oc5ccccc5c4c3)ccc2-c2ccc([C@@H](Cc3ccc(-c4cccc5c4oc4ccccc45)cc3)c3ccc(-c4cccc5c4oc4ccccc45)cc3)cc21. The van der Waals surface area contributed by atoms with Crippen molar-refractivity contribution < 1.29 is 13.3 Å². The van der Waals surface area contributed by atoms with Crippen LogP contribution in [-0.4, -0.2) is 0 Å². The summed E-state index contributed by atoms with van der Waals surface area (Å²) in [6.45, 7) is 4.78. The van der Waals surface area contributed by atoms with E-state index in [2.05, 4.69) is 202 Å². The summed E-state index contributed by atoms with van der Waals surface area (Å²) < 4.78 is 19.1. The number of rotatable bonds is 7. The molecule has 0 unspecified atom stereocenters. The first-order valence-electron chi connectivity index (χ1n) is 23.6. The Labute approximate surface area is 393 Å². The summed E-state index contributed by atoms with van der Waals surface area (Å²) in [5, 5.41) is 6.87. The van der Waals surface area contributed by atoms with Crippen LogP contribution in [0.2, 0.25) is 0 Å². The van der Waals surface area contributed by atoms with Gasteiger partial charge in [0.15, 0.2) is 0 Å². The number of hydrogen-bond donors (Lipinski definition) is 0. The summed E-state index contributed by atoms with van der Waals surface area (Å²) in [4.78, 5) is 0. The summed E-state index contributed by atoms with van der Waals surface area (Å²) in [5.41, 5.74) is 21.4. The van der Waals surface area contributed by atoms with Crippen molar-refractivity contribution in [3.8, 4) is 44.5 Å². The molecule has 3 aromatic heterocycles. The molecule has 1 aliphatic rings. The lowest BCUT2D eigenvalue weighted by atomic mass is 9.79. The predicted octanol–water partition coefficient (Wildman–Crippen LogP) is 18.1. The number of fused-ring (bicyclic) bond motifs is 12. The van der Waals surface area contributed by atoms with Gasteiger partial charge in [-0.2, -0.15) is 0 Å². The van der Waals surface area contributed by atoms with Crippen LogP contribution in [0.5, 0.6) is 0 Å². The maximum absolute atomic E-state index is 6.49. The van der Waals surface area contributed by atoms with E-state index in [9.17, 15) is 0 Å². The topological polar surface area (TPSA) is 39.4 Å². The molecule has 3 nitrogen and oxygen atoms in total. The normalized spacial score (nSPS) is 13.6. The second-order valence-corrected chi connectivity index (χ2v) is 19.1. The molecule has 3 heterocycles. The van der Waals surface area contributed by atoms with Gasteiger partial charge in [-0.25, -0.2) is 0 Å². The molecule has 0 radical (unpaired) electrons. The van der Waals surface area contributed by atoms with E-state index in [1.807, 2.05) is 24.3 Å². The highest BCUT2D eigenvalue weighted by Gasteiger charge is 2.36. The number of hydrogen-bond acceptors (Lipinski definition) is 3. The highest BCUT2D eigenvalue weighted by Crippen LogP contribution is 2.51. The van der Waals surface area contributed by atoms with Gasteiger partial charge in [0, 0.05) is 54.8 Å². The van der Waals surface area contributed by atoms with E-state index in [-0.39, 0.29) is 11.3 Å². The van der Waals surface area contributed by atoms with Gasteiger partial charge in [-0.1, -0.05) is 190 Å². The van der Waals surface area contributed by atoms with Crippen LogP contribution in [0.3, 0.4) is 0 Å². The van der Waals surface area contributed by atoms with Crippen molar-refractivity contribution in [2.24, 2.45) is 0 Å². The van der Waals surface area contributed by atoms with Crippen molar-refractivity contribution in [1.29, 1.82) is 0 Å². The summed E-state index contributed by atoms with van der Waals surface area (Å²) in [6, 6.07) is 77.1. The van der Waals surface area contributed by atoms with Gasteiger partial charge in [0.25, 0.3) is 0 Å². The zero-order chi connectivity index (χ0) is 45.1. The third kappa shape index (κ3) is 5.98. The largest absolute Gasteiger partial charge is 0.456 e. The average Bonchev–Trinajstić information content (AvgIpc) is 4.13. The standard InChI is InChI=1S/C65H44O3/c1-65(2)57-37-44(43-31-34-62-56(36-43)52-13-5-6-18-59(52)66-62)29-32-48(57)49-33-30-45(38-58(49)65)55(42-27-25-41(26-28-42)47-15-10-17-54-51-12-4-8-20-61(51)68-64(47)54)35-39-21-23-40(24-22-39)46-14-9-16-53-50-11-3-7-19-60(50)67-63(46)53/h3-34,36-38,55H,35H2,1-2H3/t55-/m0/s1. The minimum absolute atomic E-state index is 0.104. The zero-order valence-corrected chi connectivity index (χ0v) is 37.7. The van der Waals surface area contributed by atoms with Crippen LogP contribution in [0.1, 0.15) is 47.6 Å². The molecule has 0 saturated carbocycles. The molecule has 1 aliphatic carbocycles. The van der Waals surface area contributed by atoms with E-state index >= 15 is 0 Å². The molecule has 0 saturated heterocycles. The lowest BCUT2D eigenvalue weighted by Crippen LogP contribution is -2.16. The minimum Gasteiger partial charge on any atom is -0.456 e. The summed E-state index contributed by atoms with van der Waals surface area (Å²) in [6.07, 6.45) is 0.842. The highest BCUT2D eigenvalue weighted by molar-refractivity contribution is 6.11. The Morgan fingerprint density at radius 3 is 1.43 bits per heavy atom. The molecule has 3 heteroatoms. The molecular weight excluding hydrogens is 829 g/mol. The molecule has 0 N–H and O–H groups in total. The Kier molecular flexibility index (Phi) is 8.45. The van der Waals surface area contributed by atoms with E-state index in [4.69, 9.17) is 13.3 Å². The molecule has 1 atom stereocenters. The summed E-state index contributed by atoms with van der Waals surface area (Å²) in [7, 11) is 0. The molecule has 0 spiro atoms. The molecule has 0 fully saturated rings. The van der Waals surface area contributed by atoms with Gasteiger partial charge in [0.1, 0.15) is 33.5 Å². The smallest absolute Gasteiger partial charge is 0.143 e. The van der Waals surface area contributed by atoms with E-state index in [0.717, 1.165) is 94.5 Å². The van der Waals surface area contributed by atoms with Crippen LogP contribution in [-0.2, 0) is 11.8 Å². The fourth-order valence-electron chi connectivity index (χ4n) is 11.4. The second-order valence-electron chi connectivity index (χ2n) is 19.1. The summed E-state index contributed by atoms with van der Waals surface area (Å²) >= 11 is 0. The van der Waals surface area contributed by atoms with Crippen LogP contribution < -0.4 is 0 Å². The third-order valence-electron chi connectivity index (χ3n) is 14.9. The molecule has 68 heavy (non-hydrogen) atoms.